The fourth-order valence-corrected chi connectivity index (χ4v) is 1.01. The van der Waals surface area contributed by atoms with Gasteiger partial charge in [-0.05, 0) is 13.8 Å². The number of ether oxygens (including phenoxy) is 1. The summed E-state index contributed by atoms with van der Waals surface area (Å²) in [6.07, 6.45) is -0.0278. The lowest BCUT2D eigenvalue weighted by Crippen LogP contribution is -2.07. The maximum absolute atomic E-state index is 13.0. The van der Waals surface area contributed by atoms with Crippen molar-refractivity contribution >= 4 is 6.29 Å². The first-order valence-electron chi connectivity index (χ1n) is 4.15. The maximum Gasteiger partial charge on any atom is 0.155 e. The average Bonchev–Trinajstić information content (AvgIpc) is 2.01. The van der Waals surface area contributed by atoms with Gasteiger partial charge in [0.2, 0.25) is 0 Å². The number of carbonyl (C=O) groups excluding carboxylic acids is 1. The van der Waals surface area contributed by atoms with Crippen LogP contribution in [0.4, 0.5) is 8.78 Å². The molecule has 0 heterocycles. The zero-order chi connectivity index (χ0) is 10.7. The molecule has 0 aromatic heterocycles. The van der Waals surface area contributed by atoms with E-state index in [1.165, 1.54) is 0 Å². The zero-order valence-electron chi connectivity index (χ0n) is 7.88. The van der Waals surface area contributed by atoms with Crippen LogP contribution < -0.4 is 4.74 Å². The molecule has 0 unspecified atom stereocenters. The van der Waals surface area contributed by atoms with E-state index in [1.54, 1.807) is 13.8 Å². The molecule has 1 aromatic rings. The van der Waals surface area contributed by atoms with E-state index in [0.717, 1.165) is 12.1 Å². The SMILES string of the molecule is CC(C)Oc1cc(F)c(C=O)c(F)c1. The predicted molar refractivity (Wildman–Crippen MR) is 47.5 cm³/mol. The highest BCUT2D eigenvalue weighted by molar-refractivity contribution is 5.75. The van der Waals surface area contributed by atoms with Gasteiger partial charge in [0.05, 0.1) is 11.7 Å². The van der Waals surface area contributed by atoms with Crippen molar-refractivity contribution in [2.45, 2.75) is 20.0 Å². The summed E-state index contributed by atoms with van der Waals surface area (Å²) in [5.74, 6) is -1.73. The van der Waals surface area contributed by atoms with Crippen molar-refractivity contribution in [3.63, 3.8) is 0 Å². The van der Waals surface area contributed by atoms with Crippen LogP contribution in [0.25, 0.3) is 0 Å². The van der Waals surface area contributed by atoms with Gasteiger partial charge < -0.3 is 4.74 Å². The summed E-state index contributed by atoms with van der Waals surface area (Å²) >= 11 is 0. The van der Waals surface area contributed by atoms with E-state index in [0.29, 0.717) is 0 Å². The molecule has 0 atom stereocenters. The van der Waals surface area contributed by atoms with Gasteiger partial charge in [0.15, 0.2) is 6.29 Å². The number of benzene rings is 1. The van der Waals surface area contributed by atoms with Crippen molar-refractivity contribution in [3.8, 4) is 5.75 Å². The van der Waals surface area contributed by atoms with E-state index in [-0.39, 0.29) is 18.1 Å². The second-order valence-corrected chi connectivity index (χ2v) is 3.09. The van der Waals surface area contributed by atoms with E-state index in [2.05, 4.69) is 0 Å². The molecule has 1 rings (SSSR count). The Kier molecular flexibility index (Phi) is 3.17. The Hall–Kier alpha value is -1.45. The molecule has 0 bridgehead atoms. The lowest BCUT2D eigenvalue weighted by molar-refractivity contribution is 0.111. The van der Waals surface area contributed by atoms with Gasteiger partial charge >= 0.3 is 0 Å². The molecule has 0 aliphatic heterocycles. The molecule has 0 spiro atoms. The molecule has 4 heteroatoms. The molecule has 14 heavy (non-hydrogen) atoms. The van der Waals surface area contributed by atoms with Crippen LogP contribution >= 0.6 is 0 Å². The van der Waals surface area contributed by atoms with Crippen LogP contribution in [0.15, 0.2) is 12.1 Å². The van der Waals surface area contributed by atoms with Crippen LogP contribution in [0.5, 0.6) is 5.75 Å². The van der Waals surface area contributed by atoms with Gasteiger partial charge in [0, 0.05) is 12.1 Å². The van der Waals surface area contributed by atoms with Crippen molar-refractivity contribution in [3.05, 3.63) is 29.3 Å². The zero-order valence-corrected chi connectivity index (χ0v) is 7.88. The molecule has 0 aliphatic rings. The number of halogens is 2. The van der Waals surface area contributed by atoms with E-state index in [9.17, 15) is 13.6 Å². The fraction of sp³-hybridized carbons (Fsp3) is 0.300. The normalized spacial score (nSPS) is 10.4. The number of rotatable bonds is 3. The van der Waals surface area contributed by atoms with Gasteiger partial charge in [-0.1, -0.05) is 0 Å². The minimum atomic E-state index is -0.907. The van der Waals surface area contributed by atoms with Gasteiger partial charge in [-0.2, -0.15) is 0 Å². The Morgan fingerprint density at radius 2 is 1.79 bits per heavy atom. The van der Waals surface area contributed by atoms with Crippen LogP contribution in [0, 0.1) is 11.6 Å². The molecule has 0 saturated heterocycles. The Balaban J connectivity index is 3.07. The van der Waals surface area contributed by atoms with Crippen LogP contribution in [-0.2, 0) is 0 Å². The van der Waals surface area contributed by atoms with Crippen LogP contribution in [0.3, 0.4) is 0 Å². The summed E-state index contributed by atoms with van der Waals surface area (Å²) in [4.78, 5) is 10.3. The molecule has 76 valence electrons. The summed E-state index contributed by atoms with van der Waals surface area (Å²) in [5.41, 5.74) is -0.568. The largest absolute Gasteiger partial charge is 0.491 e. The van der Waals surface area contributed by atoms with Crippen molar-refractivity contribution in [2.24, 2.45) is 0 Å². The molecular formula is C10H10F2O2. The minimum Gasteiger partial charge on any atom is -0.491 e. The molecule has 0 amide bonds. The summed E-state index contributed by atoms with van der Waals surface area (Å²) in [5, 5.41) is 0. The smallest absolute Gasteiger partial charge is 0.155 e. The molecule has 1 aromatic carbocycles. The second kappa shape index (κ2) is 4.17. The number of hydrogen-bond acceptors (Lipinski definition) is 2. The van der Waals surface area contributed by atoms with Gasteiger partial charge in [-0.15, -0.1) is 0 Å². The first-order valence-corrected chi connectivity index (χ1v) is 4.15. The monoisotopic (exact) mass is 200 g/mol. The number of aldehydes is 1. The lowest BCUT2D eigenvalue weighted by Gasteiger charge is -2.10. The summed E-state index contributed by atoms with van der Waals surface area (Å²) in [7, 11) is 0. The van der Waals surface area contributed by atoms with Crippen molar-refractivity contribution < 1.29 is 18.3 Å². The highest BCUT2D eigenvalue weighted by Gasteiger charge is 2.11. The molecule has 0 radical (unpaired) electrons. The predicted octanol–water partition coefficient (Wildman–Crippen LogP) is 2.56. The summed E-state index contributed by atoms with van der Waals surface area (Å²) in [6, 6.07) is 1.99. The van der Waals surface area contributed by atoms with Crippen LogP contribution in [0.1, 0.15) is 24.2 Å². The Morgan fingerprint density at radius 3 is 2.14 bits per heavy atom. The third kappa shape index (κ3) is 2.28. The van der Waals surface area contributed by atoms with Crippen LogP contribution in [0.2, 0.25) is 0 Å². The Bertz CT molecular complexity index is 325. The van der Waals surface area contributed by atoms with Crippen molar-refractivity contribution in [2.75, 3.05) is 0 Å². The van der Waals surface area contributed by atoms with Gasteiger partial charge in [0.25, 0.3) is 0 Å². The standard InChI is InChI=1S/C10H10F2O2/c1-6(2)14-7-3-9(11)8(5-13)10(12)4-7/h3-6H,1-2H3. The van der Waals surface area contributed by atoms with E-state index >= 15 is 0 Å². The average molecular weight is 200 g/mol. The first kappa shape index (κ1) is 10.6. The molecule has 0 fully saturated rings. The molecular weight excluding hydrogens is 190 g/mol. The molecule has 0 saturated carbocycles. The molecule has 0 aliphatic carbocycles. The highest BCUT2D eigenvalue weighted by Crippen LogP contribution is 2.20. The van der Waals surface area contributed by atoms with Crippen molar-refractivity contribution in [1.82, 2.24) is 0 Å². The van der Waals surface area contributed by atoms with E-state index < -0.39 is 17.2 Å². The third-order valence-electron chi connectivity index (χ3n) is 1.54. The van der Waals surface area contributed by atoms with Crippen molar-refractivity contribution in [1.29, 1.82) is 0 Å². The van der Waals surface area contributed by atoms with Gasteiger partial charge in [-0.25, -0.2) is 8.78 Å². The Morgan fingerprint density at radius 1 is 1.29 bits per heavy atom. The number of carbonyl (C=O) groups is 1. The third-order valence-corrected chi connectivity index (χ3v) is 1.54. The number of hydrogen-bond donors (Lipinski definition) is 0. The quantitative estimate of drug-likeness (QED) is 0.701. The maximum atomic E-state index is 13.0. The summed E-state index contributed by atoms with van der Waals surface area (Å²) < 4.78 is 31.1. The van der Waals surface area contributed by atoms with Crippen LogP contribution in [-0.4, -0.2) is 12.4 Å². The minimum absolute atomic E-state index is 0.0839. The van der Waals surface area contributed by atoms with E-state index in [1.807, 2.05) is 0 Å². The van der Waals surface area contributed by atoms with E-state index in [4.69, 9.17) is 4.74 Å². The Labute approximate surface area is 80.5 Å². The second-order valence-electron chi connectivity index (χ2n) is 3.09. The lowest BCUT2D eigenvalue weighted by atomic mass is 10.2. The van der Waals surface area contributed by atoms with Gasteiger partial charge in [-0.3, -0.25) is 4.79 Å². The first-order chi connectivity index (χ1) is 6.54. The topological polar surface area (TPSA) is 26.3 Å². The fourth-order valence-electron chi connectivity index (χ4n) is 1.01. The highest BCUT2D eigenvalue weighted by atomic mass is 19.1. The molecule has 0 N–H and O–H groups in total. The summed E-state index contributed by atoms with van der Waals surface area (Å²) in [6.45, 7) is 3.48. The van der Waals surface area contributed by atoms with Gasteiger partial charge in [0.1, 0.15) is 17.4 Å². The molecule has 2 nitrogen and oxygen atoms in total.